The minimum atomic E-state index is -3.54. The lowest BCUT2D eigenvalue weighted by atomic mass is 10.1. The normalized spacial score (nSPS) is 16.1. The van der Waals surface area contributed by atoms with E-state index < -0.39 is 10.0 Å². The van der Waals surface area contributed by atoms with Crippen LogP contribution in [0.25, 0.3) is 0 Å². The number of nitrogens with one attached hydrogen (secondary N) is 1. The molecule has 2 aromatic rings. The molecular formula is C22H25ClN2O2S. The average Bonchev–Trinajstić information content (AvgIpc) is 2.82. The molecule has 6 heteroatoms. The van der Waals surface area contributed by atoms with Gasteiger partial charge in [-0.15, -0.1) is 0 Å². The predicted molar refractivity (Wildman–Crippen MR) is 116 cm³/mol. The lowest BCUT2D eigenvalue weighted by Gasteiger charge is -2.28. The summed E-state index contributed by atoms with van der Waals surface area (Å²) in [7, 11) is -3.54. The number of nitrogens with zero attached hydrogens (tertiary/aromatic N) is 1. The first kappa shape index (κ1) is 20.6. The van der Waals surface area contributed by atoms with E-state index in [-0.39, 0.29) is 4.90 Å². The van der Waals surface area contributed by atoms with E-state index in [4.69, 9.17) is 11.6 Å². The zero-order valence-corrected chi connectivity index (χ0v) is 17.6. The van der Waals surface area contributed by atoms with Crippen LogP contribution in [0, 0.1) is 0 Å². The van der Waals surface area contributed by atoms with E-state index in [0.717, 1.165) is 24.1 Å². The van der Waals surface area contributed by atoms with Crippen molar-refractivity contribution in [3.05, 3.63) is 83.0 Å². The van der Waals surface area contributed by atoms with E-state index in [2.05, 4.69) is 40.5 Å². The highest BCUT2D eigenvalue weighted by molar-refractivity contribution is 7.89. The minimum absolute atomic E-state index is 0.222. The first-order valence-electron chi connectivity index (χ1n) is 9.37. The maximum absolute atomic E-state index is 12.4. The van der Waals surface area contributed by atoms with Crippen LogP contribution in [0.2, 0.25) is 5.02 Å². The molecule has 0 amide bonds. The molecule has 0 spiro atoms. The van der Waals surface area contributed by atoms with Crippen molar-refractivity contribution in [2.24, 2.45) is 0 Å². The van der Waals surface area contributed by atoms with Crippen molar-refractivity contribution >= 4 is 27.3 Å². The molecule has 0 fully saturated rings. The van der Waals surface area contributed by atoms with E-state index >= 15 is 0 Å². The highest BCUT2D eigenvalue weighted by atomic mass is 35.5. The molecule has 0 saturated heterocycles. The fourth-order valence-corrected chi connectivity index (χ4v) is 4.66. The Labute approximate surface area is 172 Å². The molecule has 3 rings (SSSR count). The summed E-state index contributed by atoms with van der Waals surface area (Å²) in [4.78, 5) is 2.47. The molecule has 0 bridgehead atoms. The maximum atomic E-state index is 12.4. The average molecular weight is 417 g/mol. The molecule has 1 aliphatic heterocycles. The fourth-order valence-electron chi connectivity index (χ4n) is 3.46. The van der Waals surface area contributed by atoms with Crippen molar-refractivity contribution in [3.63, 3.8) is 0 Å². The summed E-state index contributed by atoms with van der Waals surface area (Å²) < 4.78 is 27.5. The number of benzene rings is 2. The van der Waals surface area contributed by atoms with Crippen molar-refractivity contribution in [3.8, 4) is 0 Å². The number of hydrogen-bond acceptors (Lipinski definition) is 3. The summed E-state index contributed by atoms with van der Waals surface area (Å²) in [5.41, 5.74) is 4.70. The van der Waals surface area contributed by atoms with Gasteiger partial charge in [-0.25, -0.2) is 13.1 Å². The zero-order chi connectivity index (χ0) is 20.1. The van der Waals surface area contributed by atoms with Crippen LogP contribution in [0.15, 0.2) is 77.4 Å². The van der Waals surface area contributed by atoms with Crippen molar-refractivity contribution in [2.75, 3.05) is 18.0 Å². The van der Waals surface area contributed by atoms with Crippen LogP contribution in [0.4, 0.5) is 5.69 Å². The highest BCUT2D eigenvalue weighted by Crippen LogP contribution is 2.33. The van der Waals surface area contributed by atoms with Crippen molar-refractivity contribution in [1.29, 1.82) is 0 Å². The van der Waals surface area contributed by atoms with Crippen molar-refractivity contribution in [1.82, 2.24) is 4.72 Å². The van der Waals surface area contributed by atoms with E-state index in [1.807, 2.05) is 13.0 Å². The summed E-state index contributed by atoms with van der Waals surface area (Å²) >= 11 is 5.84. The monoisotopic (exact) mass is 416 g/mol. The van der Waals surface area contributed by atoms with E-state index in [9.17, 15) is 8.42 Å². The van der Waals surface area contributed by atoms with Gasteiger partial charge in [-0.2, -0.15) is 0 Å². The Balaban J connectivity index is 1.69. The van der Waals surface area contributed by atoms with Crippen molar-refractivity contribution in [2.45, 2.75) is 31.1 Å². The van der Waals surface area contributed by atoms with Gasteiger partial charge in [-0.05, 0) is 67.7 Å². The molecule has 1 heterocycles. The van der Waals surface area contributed by atoms with Gasteiger partial charge in [0, 0.05) is 29.5 Å². The van der Waals surface area contributed by atoms with Gasteiger partial charge in [-0.1, -0.05) is 42.5 Å². The predicted octanol–water partition coefficient (Wildman–Crippen LogP) is 4.92. The number of sulfonamides is 1. The zero-order valence-electron chi connectivity index (χ0n) is 16.0. The summed E-state index contributed by atoms with van der Waals surface area (Å²) in [6.45, 7) is 7.32. The summed E-state index contributed by atoms with van der Waals surface area (Å²) in [6.07, 6.45) is 4.65. The Morgan fingerprint density at radius 3 is 2.57 bits per heavy atom. The molecule has 0 atom stereocenters. The smallest absolute Gasteiger partial charge is 0.240 e. The molecule has 0 radical (unpaired) electrons. The number of anilines is 1. The molecule has 28 heavy (non-hydrogen) atoms. The minimum Gasteiger partial charge on any atom is -0.341 e. The third kappa shape index (κ3) is 4.66. The Hall–Kier alpha value is -2.08. The number of hydrogen-bond donors (Lipinski definition) is 1. The third-order valence-electron chi connectivity index (χ3n) is 4.88. The number of para-hydroxylation sites is 1. The second kappa shape index (κ2) is 8.95. The first-order valence-corrected chi connectivity index (χ1v) is 11.2. The van der Waals surface area contributed by atoms with Gasteiger partial charge in [0.1, 0.15) is 0 Å². The molecule has 2 aromatic carbocycles. The van der Waals surface area contributed by atoms with Gasteiger partial charge in [-0.3, -0.25) is 0 Å². The Bertz CT molecular complexity index is 982. The quantitative estimate of drug-likeness (QED) is 0.680. The fraction of sp³-hybridized carbons (Fsp3) is 0.273. The van der Waals surface area contributed by atoms with Crippen LogP contribution in [0.3, 0.4) is 0 Å². The highest BCUT2D eigenvalue weighted by Gasteiger charge is 2.21. The lowest BCUT2D eigenvalue weighted by Crippen LogP contribution is -2.30. The largest absolute Gasteiger partial charge is 0.341 e. The van der Waals surface area contributed by atoms with Crippen LogP contribution < -0.4 is 9.62 Å². The van der Waals surface area contributed by atoms with Gasteiger partial charge in [0.15, 0.2) is 0 Å². The molecule has 0 aromatic heterocycles. The van der Waals surface area contributed by atoms with Gasteiger partial charge >= 0.3 is 0 Å². The van der Waals surface area contributed by atoms with Gasteiger partial charge in [0.25, 0.3) is 0 Å². The number of allylic oxidation sites excluding steroid dienone is 2. The SMILES string of the molecule is C=C1CCc2ccccc2N(CCCNS(=O)(=O)c2ccc(Cl)cc2)C1=CC. The Morgan fingerprint density at radius 1 is 1.14 bits per heavy atom. The number of aryl methyl sites for hydroxylation is 1. The number of fused-ring (bicyclic) bond motifs is 1. The Kier molecular flexibility index (Phi) is 6.60. The molecule has 0 saturated carbocycles. The number of rotatable bonds is 6. The van der Waals surface area contributed by atoms with E-state index in [1.165, 1.54) is 23.4 Å². The van der Waals surface area contributed by atoms with Crippen LogP contribution in [0.1, 0.15) is 25.3 Å². The molecular weight excluding hydrogens is 392 g/mol. The van der Waals surface area contributed by atoms with Gasteiger partial charge < -0.3 is 4.90 Å². The van der Waals surface area contributed by atoms with Crippen LogP contribution in [-0.4, -0.2) is 21.5 Å². The molecule has 1 aliphatic rings. The summed E-state index contributed by atoms with van der Waals surface area (Å²) in [6, 6.07) is 14.5. The van der Waals surface area contributed by atoms with Gasteiger partial charge in [0.2, 0.25) is 10.0 Å². The standard InChI is InChI=1S/C22H25ClN2O2S/c1-3-21-17(2)9-10-18-7-4-5-8-22(18)25(21)16-6-15-24-28(26,27)20-13-11-19(23)12-14-20/h3-5,7-8,11-14,24H,2,6,9-10,15-16H2,1H3. The van der Waals surface area contributed by atoms with E-state index in [0.29, 0.717) is 24.5 Å². The molecule has 4 nitrogen and oxygen atoms in total. The molecule has 0 unspecified atom stereocenters. The molecule has 1 N–H and O–H groups in total. The van der Waals surface area contributed by atoms with Crippen LogP contribution in [0.5, 0.6) is 0 Å². The second-order valence-corrected chi connectivity index (χ2v) is 8.97. The van der Waals surface area contributed by atoms with Crippen LogP contribution in [-0.2, 0) is 16.4 Å². The topological polar surface area (TPSA) is 49.4 Å². The summed E-state index contributed by atoms with van der Waals surface area (Å²) in [5.74, 6) is 0. The maximum Gasteiger partial charge on any atom is 0.240 e. The molecule has 148 valence electrons. The van der Waals surface area contributed by atoms with E-state index in [1.54, 1.807) is 12.1 Å². The van der Waals surface area contributed by atoms with Crippen LogP contribution >= 0.6 is 11.6 Å². The Morgan fingerprint density at radius 2 is 1.86 bits per heavy atom. The van der Waals surface area contributed by atoms with Crippen molar-refractivity contribution < 1.29 is 8.42 Å². The third-order valence-corrected chi connectivity index (χ3v) is 6.61. The number of halogens is 1. The molecule has 0 aliphatic carbocycles. The second-order valence-electron chi connectivity index (χ2n) is 6.76. The lowest BCUT2D eigenvalue weighted by molar-refractivity contribution is 0.579. The van der Waals surface area contributed by atoms with Gasteiger partial charge in [0.05, 0.1) is 4.90 Å². The summed E-state index contributed by atoms with van der Waals surface area (Å²) in [5, 5.41) is 0.512. The first-order chi connectivity index (χ1) is 13.4.